The number of hydrogen-bond acceptors (Lipinski definition) is 4. The van der Waals surface area contributed by atoms with E-state index in [1.165, 1.54) is 0 Å². The van der Waals surface area contributed by atoms with Crippen molar-refractivity contribution >= 4 is 58.3 Å². The number of alkyl halides is 2. The van der Waals surface area contributed by atoms with Gasteiger partial charge in [-0.2, -0.15) is 0 Å². The lowest BCUT2D eigenvalue weighted by Gasteiger charge is -2.08. The lowest BCUT2D eigenvalue weighted by molar-refractivity contribution is -0.143. The van der Waals surface area contributed by atoms with Gasteiger partial charge in [0, 0.05) is 12.8 Å². The second-order valence-corrected chi connectivity index (χ2v) is 6.04. The molecule has 0 unspecified atom stereocenters. The molecule has 1 rings (SSSR count). The maximum atomic E-state index is 11.6. The number of para-hydroxylation sites is 1. The van der Waals surface area contributed by atoms with E-state index < -0.39 is 16.8 Å². The minimum absolute atomic E-state index is 0.0296. The van der Waals surface area contributed by atoms with Crippen molar-refractivity contribution in [3.8, 4) is 5.75 Å². The van der Waals surface area contributed by atoms with Gasteiger partial charge in [-0.3, -0.25) is 9.59 Å². The first-order valence-electron chi connectivity index (χ1n) is 5.98. The molecule has 4 nitrogen and oxygen atoms in total. The third kappa shape index (κ3) is 7.23. The molecule has 0 amide bonds. The van der Waals surface area contributed by atoms with Gasteiger partial charge in [-0.1, -0.05) is 29.3 Å². The number of hydrogen-bond donors (Lipinski definition) is 0. The molecular weight excluding hydrogens is 362 g/mol. The maximum absolute atomic E-state index is 11.6. The topological polar surface area (TPSA) is 52.6 Å². The zero-order chi connectivity index (χ0) is 15.8. The van der Waals surface area contributed by atoms with Crippen molar-refractivity contribution in [2.24, 2.45) is 0 Å². The summed E-state index contributed by atoms with van der Waals surface area (Å²) in [5.41, 5.74) is 0. The predicted octanol–water partition coefficient (Wildman–Crippen LogP) is 4.42. The van der Waals surface area contributed by atoms with E-state index >= 15 is 0 Å². The van der Waals surface area contributed by atoms with Crippen molar-refractivity contribution < 1.29 is 19.1 Å². The Hall–Kier alpha value is -0.680. The summed E-state index contributed by atoms with van der Waals surface area (Å²) in [6.07, 6.45) is 0.364. The van der Waals surface area contributed by atoms with Crippen LogP contribution < -0.4 is 4.74 Å². The van der Waals surface area contributed by atoms with Crippen molar-refractivity contribution in [3.05, 3.63) is 28.2 Å². The van der Waals surface area contributed by atoms with E-state index in [0.29, 0.717) is 0 Å². The number of ether oxygens (including phenoxy) is 2. The van der Waals surface area contributed by atoms with E-state index in [9.17, 15) is 9.59 Å². The molecule has 8 heteroatoms. The molecule has 0 fully saturated rings. The highest BCUT2D eigenvalue weighted by molar-refractivity contribution is 6.44. The van der Waals surface area contributed by atoms with Gasteiger partial charge in [-0.15, -0.1) is 23.2 Å². The zero-order valence-corrected chi connectivity index (χ0v) is 13.8. The van der Waals surface area contributed by atoms with Crippen molar-refractivity contribution in [2.75, 3.05) is 6.61 Å². The summed E-state index contributed by atoms with van der Waals surface area (Å²) in [4.78, 5) is 22.1. The summed E-state index contributed by atoms with van der Waals surface area (Å²) in [5.74, 6) is -0.907. The Balaban J connectivity index is 2.33. The first-order valence-corrected chi connectivity index (χ1v) is 7.61. The van der Waals surface area contributed by atoms with Gasteiger partial charge in [0.1, 0.15) is 11.4 Å². The Morgan fingerprint density at radius 3 is 2.19 bits per heavy atom. The monoisotopic (exact) mass is 372 g/mol. The fraction of sp³-hybridized carbons (Fsp3) is 0.385. The van der Waals surface area contributed by atoms with Gasteiger partial charge in [-0.25, -0.2) is 0 Å². The van der Waals surface area contributed by atoms with Crippen LogP contribution in [-0.2, 0) is 14.3 Å². The lowest BCUT2D eigenvalue weighted by Crippen LogP contribution is -2.12. The van der Waals surface area contributed by atoms with Crippen LogP contribution >= 0.6 is 46.4 Å². The average Bonchev–Trinajstić information content (AvgIpc) is 2.41. The van der Waals surface area contributed by atoms with E-state index in [0.717, 1.165) is 0 Å². The molecule has 21 heavy (non-hydrogen) atoms. The van der Waals surface area contributed by atoms with E-state index in [4.69, 9.17) is 55.9 Å². The number of esters is 2. The van der Waals surface area contributed by atoms with E-state index in [1.807, 2.05) is 0 Å². The molecule has 0 radical (unpaired) electrons. The highest BCUT2D eigenvalue weighted by atomic mass is 35.5. The van der Waals surface area contributed by atoms with E-state index in [-0.39, 0.29) is 41.7 Å². The molecule has 0 saturated carbocycles. The second-order valence-electron chi connectivity index (χ2n) is 3.95. The molecule has 0 spiro atoms. The van der Waals surface area contributed by atoms with Crippen molar-refractivity contribution in [1.82, 2.24) is 0 Å². The maximum Gasteiger partial charge on any atom is 0.311 e. The molecule has 0 aliphatic rings. The molecule has 0 saturated heterocycles. The molecule has 0 aliphatic carbocycles. The van der Waals surface area contributed by atoms with E-state index in [1.54, 1.807) is 18.2 Å². The van der Waals surface area contributed by atoms with Crippen LogP contribution in [0.25, 0.3) is 0 Å². The van der Waals surface area contributed by atoms with Crippen molar-refractivity contribution in [1.29, 1.82) is 0 Å². The fourth-order valence-electron chi connectivity index (χ4n) is 1.35. The molecule has 0 aromatic heterocycles. The number of rotatable bonds is 7. The minimum atomic E-state index is -0.763. The third-order valence-corrected chi connectivity index (χ3v) is 3.11. The van der Waals surface area contributed by atoms with Gasteiger partial charge >= 0.3 is 11.9 Å². The molecule has 0 bridgehead atoms. The van der Waals surface area contributed by atoms with Crippen LogP contribution in [0, 0.1) is 0 Å². The largest absolute Gasteiger partial charge is 0.463 e. The van der Waals surface area contributed by atoms with Gasteiger partial charge in [0.2, 0.25) is 0 Å². The summed E-state index contributed by atoms with van der Waals surface area (Å²) in [6.45, 7) is -0.0817. The van der Waals surface area contributed by atoms with Crippen molar-refractivity contribution in [2.45, 2.75) is 24.1 Å². The van der Waals surface area contributed by atoms with Gasteiger partial charge in [0.25, 0.3) is 0 Å². The van der Waals surface area contributed by atoms with Crippen LogP contribution in [0.4, 0.5) is 0 Å². The molecule has 1 aromatic rings. The number of halogens is 4. The van der Waals surface area contributed by atoms with Gasteiger partial charge in [0.05, 0.1) is 10.0 Å². The Kier molecular flexibility index (Phi) is 8.19. The van der Waals surface area contributed by atoms with Crippen LogP contribution in [0.2, 0.25) is 10.0 Å². The van der Waals surface area contributed by atoms with Gasteiger partial charge in [0.15, 0.2) is 5.75 Å². The lowest BCUT2D eigenvalue weighted by atomic mass is 10.2. The highest BCUT2D eigenvalue weighted by Crippen LogP contribution is 2.32. The fourth-order valence-corrected chi connectivity index (χ4v) is 1.95. The number of benzene rings is 1. The summed E-state index contributed by atoms with van der Waals surface area (Å²) < 4.78 is 9.80. The third-order valence-electron chi connectivity index (χ3n) is 2.27. The summed E-state index contributed by atoms with van der Waals surface area (Å²) in [7, 11) is 0. The van der Waals surface area contributed by atoms with Crippen LogP contribution in [-0.4, -0.2) is 23.4 Å². The van der Waals surface area contributed by atoms with Crippen LogP contribution in [0.5, 0.6) is 5.75 Å². The smallest absolute Gasteiger partial charge is 0.311 e. The second kappa shape index (κ2) is 9.36. The van der Waals surface area contributed by atoms with Crippen LogP contribution in [0.3, 0.4) is 0 Å². The summed E-state index contributed by atoms with van der Waals surface area (Å²) >= 11 is 22.6. The Morgan fingerprint density at radius 2 is 1.62 bits per heavy atom. The standard InChI is InChI=1S/C13H12Cl4O4/c14-8-3-1-4-9(15)13(8)21-12(19)6-2-5-11(18)20-7-10(16)17/h1,3-4,10H,2,5-7H2. The molecule has 0 aliphatic heterocycles. The molecule has 0 heterocycles. The Bertz CT molecular complexity index is 485. The van der Waals surface area contributed by atoms with E-state index in [2.05, 4.69) is 0 Å². The first-order chi connectivity index (χ1) is 9.90. The quantitative estimate of drug-likeness (QED) is 0.403. The SMILES string of the molecule is O=C(CCCC(=O)Oc1c(Cl)cccc1Cl)OCC(Cl)Cl. The summed E-state index contributed by atoms with van der Waals surface area (Å²) in [6, 6.07) is 4.75. The Morgan fingerprint density at radius 1 is 1.05 bits per heavy atom. The first kappa shape index (κ1) is 18.4. The molecular formula is C13H12Cl4O4. The predicted molar refractivity (Wildman–Crippen MR) is 82.4 cm³/mol. The summed E-state index contributed by atoms with van der Waals surface area (Å²) in [5, 5.41) is 0.482. The van der Waals surface area contributed by atoms with Crippen LogP contribution in [0.15, 0.2) is 18.2 Å². The van der Waals surface area contributed by atoms with Crippen LogP contribution in [0.1, 0.15) is 19.3 Å². The average molecular weight is 374 g/mol. The highest BCUT2D eigenvalue weighted by Gasteiger charge is 2.13. The molecule has 0 N–H and O–H groups in total. The number of carbonyl (C=O) groups is 2. The molecule has 0 atom stereocenters. The zero-order valence-electron chi connectivity index (χ0n) is 10.8. The van der Waals surface area contributed by atoms with Gasteiger partial charge < -0.3 is 9.47 Å². The minimum Gasteiger partial charge on any atom is -0.463 e. The van der Waals surface area contributed by atoms with Gasteiger partial charge in [-0.05, 0) is 18.6 Å². The Labute approximate surface area is 142 Å². The molecule has 1 aromatic carbocycles. The number of carbonyl (C=O) groups excluding carboxylic acids is 2. The normalized spacial score (nSPS) is 10.5. The van der Waals surface area contributed by atoms with Crippen molar-refractivity contribution in [3.63, 3.8) is 0 Å². The molecule has 116 valence electrons.